The van der Waals surface area contributed by atoms with Gasteiger partial charge in [0, 0.05) is 17.5 Å². The van der Waals surface area contributed by atoms with Crippen LogP contribution in [0, 0.1) is 0 Å². The summed E-state index contributed by atoms with van der Waals surface area (Å²) in [5.74, 6) is -1.62. The van der Waals surface area contributed by atoms with Crippen LogP contribution in [0.15, 0.2) is 29.3 Å². The fourth-order valence-corrected chi connectivity index (χ4v) is 2.50. The second-order valence-corrected chi connectivity index (χ2v) is 11.1. The number of ether oxygens (including phenoxy) is 3. The Morgan fingerprint density at radius 1 is 0.737 bits per heavy atom. The number of carbonyl (C=O) groups is 5. The molecule has 0 heterocycles. The molecule has 1 radical (unpaired) electrons. The predicted octanol–water partition coefficient (Wildman–Crippen LogP) is 4.73. The highest BCUT2D eigenvalue weighted by molar-refractivity contribution is 6.18. The molecule has 0 aliphatic rings. The second kappa shape index (κ2) is 12.5. The van der Waals surface area contributed by atoms with Crippen molar-refractivity contribution in [1.29, 1.82) is 0 Å². The molecule has 0 spiro atoms. The second-order valence-electron chi connectivity index (χ2n) is 11.1. The first-order valence-corrected chi connectivity index (χ1v) is 11.9. The SMILES string of the molecule is CCC(=O)[N]NC(=O)c1ccc(C(=NC(=O)OC(C)(C)C)N(C(=O)OC(C)(C)C)C(=O)OC(C)(C)C)cc1. The Morgan fingerprint density at radius 2 is 1.16 bits per heavy atom. The summed E-state index contributed by atoms with van der Waals surface area (Å²) in [6, 6.07) is 5.37. The Hall–Kier alpha value is -3.96. The van der Waals surface area contributed by atoms with E-state index in [0.29, 0.717) is 4.90 Å². The van der Waals surface area contributed by atoms with E-state index in [1.807, 2.05) is 0 Å². The number of hydrogen-bond donors (Lipinski definition) is 1. The van der Waals surface area contributed by atoms with Gasteiger partial charge in [-0.05, 0) is 74.4 Å². The number of nitrogens with zero attached hydrogens (tertiary/aromatic N) is 3. The number of imide groups is 1. The van der Waals surface area contributed by atoms with E-state index >= 15 is 0 Å². The zero-order chi connectivity index (χ0) is 29.5. The lowest BCUT2D eigenvalue weighted by molar-refractivity contribution is -0.121. The molecule has 12 heteroatoms. The molecule has 0 aliphatic carbocycles. The molecule has 1 aromatic carbocycles. The van der Waals surface area contributed by atoms with Crippen LogP contribution in [-0.2, 0) is 19.0 Å². The summed E-state index contributed by atoms with van der Waals surface area (Å²) in [5, 5.41) is 0. The van der Waals surface area contributed by atoms with Crippen molar-refractivity contribution in [1.82, 2.24) is 15.8 Å². The number of amides is 5. The molecule has 12 nitrogen and oxygen atoms in total. The van der Waals surface area contributed by atoms with Gasteiger partial charge in [-0.15, -0.1) is 5.43 Å². The van der Waals surface area contributed by atoms with Crippen LogP contribution < -0.4 is 10.9 Å². The van der Waals surface area contributed by atoms with Crippen LogP contribution in [0.5, 0.6) is 0 Å². The first-order chi connectivity index (χ1) is 17.2. The highest BCUT2D eigenvalue weighted by atomic mass is 16.6. The minimum atomic E-state index is -1.15. The van der Waals surface area contributed by atoms with Gasteiger partial charge in [-0.3, -0.25) is 9.59 Å². The van der Waals surface area contributed by atoms with Gasteiger partial charge in [0.2, 0.25) is 0 Å². The molecule has 5 amide bonds. The average molecular weight is 534 g/mol. The van der Waals surface area contributed by atoms with Crippen molar-refractivity contribution >= 4 is 35.9 Å². The van der Waals surface area contributed by atoms with Crippen molar-refractivity contribution in [3.63, 3.8) is 0 Å². The minimum Gasteiger partial charge on any atom is -0.443 e. The number of rotatable bonds is 3. The number of benzene rings is 1. The normalized spacial score (nSPS) is 12.2. The zero-order valence-electron chi connectivity index (χ0n) is 23.6. The van der Waals surface area contributed by atoms with Gasteiger partial charge in [0.05, 0.1) is 0 Å². The number of nitrogens with one attached hydrogen (secondary N) is 1. The Labute approximate surface area is 223 Å². The van der Waals surface area contributed by atoms with Crippen LogP contribution in [0.4, 0.5) is 14.4 Å². The molecule has 1 aromatic rings. The van der Waals surface area contributed by atoms with Crippen LogP contribution >= 0.6 is 0 Å². The molecule has 0 saturated heterocycles. The standard InChI is InChI=1S/C26H37N4O8/c1-11-18(31)28-29-20(32)17-14-12-16(13-15-17)19(27-21(33)36-24(2,3)4)30(22(34)37-25(5,6)7)23(35)38-26(8,9)10/h12-15H,11H2,1-10H3,(H,29,32). The predicted molar refractivity (Wildman–Crippen MR) is 138 cm³/mol. The molecule has 1 rings (SSSR count). The van der Waals surface area contributed by atoms with E-state index < -0.39 is 52.7 Å². The summed E-state index contributed by atoms with van der Waals surface area (Å²) >= 11 is 0. The topological polar surface area (TPSA) is 155 Å². The fraction of sp³-hybridized carbons (Fsp3) is 0.538. The largest absolute Gasteiger partial charge is 0.443 e. The van der Waals surface area contributed by atoms with Crippen LogP contribution in [0.1, 0.15) is 91.6 Å². The van der Waals surface area contributed by atoms with Crippen molar-refractivity contribution in [2.24, 2.45) is 4.99 Å². The summed E-state index contributed by atoms with van der Waals surface area (Å²) in [4.78, 5) is 67.1. The molecule has 0 bridgehead atoms. The number of carbonyl (C=O) groups excluding carboxylic acids is 5. The van der Waals surface area contributed by atoms with E-state index in [2.05, 4.69) is 15.8 Å². The first kappa shape index (κ1) is 32.1. The quantitative estimate of drug-likeness (QED) is 0.253. The van der Waals surface area contributed by atoms with Gasteiger partial charge < -0.3 is 14.2 Å². The summed E-state index contributed by atoms with van der Waals surface area (Å²) < 4.78 is 16.0. The van der Waals surface area contributed by atoms with E-state index in [1.54, 1.807) is 69.2 Å². The molecule has 209 valence electrons. The summed E-state index contributed by atoms with van der Waals surface area (Å²) in [6.07, 6.45) is -3.25. The van der Waals surface area contributed by atoms with Crippen molar-refractivity contribution in [2.75, 3.05) is 0 Å². The Kier molecular flexibility index (Phi) is 10.6. The van der Waals surface area contributed by atoms with Crippen molar-refractivity contribution < 1.29 is 38.2 Å². The van der Waals surface area contributed by atoms with Gasteiger partial charge in [0.1, 0.15) is 16.8 Å². The van der Waals surface area contributed by atoms with Gasteiger partial charge in [-0.25, -0.2) is 19.8 Å². The maximum Gasteiger partial charge on any atom is 0.436 e. The first-order valence-electron chi connectivity index (χ1n) is 11.9. The summed E-state index contributed by atoms with van der Waals surface area (Å²) in [6.45, 7) is 16.1. The summed E-state index contributed by atoms with van der Waals surface area (Å²) in [5.41, 5.74) is 2.85. The minimum absolute atomic E-state index is 0.0886. The fourth-order valence-electron chi connectivity index (χ4n) is 2.50. The van der Waals surface area contributed by atoms with Crippen molar-refractivity contribution in [3.05, 3.63) is 35.4 Å². The Morgan fingerprint density at radius 3 is 1.55 bits per heavy atom. The number of hydrogen-bond acceptors (Lipinski definition) is 8. The third kappa shape index (κ3) is 11.4. The van der Waals surface area contributed by atoms with Gasteiger partial charge >= 0.3 is 18.3 Å². The molecule has 0 saturated carbocycles. The molecular weight excluding hydrogens is 496 g/mol. The van der Waals surface area contributed by atoms with Crippen LogP contribution in [0.25, 0.3) is 0 Å². The van der Waals surface area contributed by atoms with Crippen molar-refractivity contribution in [3.8, 4) is 0 Å². The number of amidine groups is 1. The highest BCUT2D eigenvalue weighted by Gasteiger charge is 2.36. The third-order valence-corrected chi connectivity index (χ3v) is 3.94. The maximum atomic E-state index is 13.2. The zero-order valence-corrected chi connectivity index (χ0v) is 23.6. The van der Waals surface area contributed by atoms with E-state index in [4.69, 9.17) is 14.2 Å². The van der Waals surface area contributed by atoms with E-state index in [-0.39, 0.29) is 17.5 Å². The van der Waals surface area contributed by atoms with E-state index in [0.717, 1.165) is 0 Å². The molecular formula is C26H37N4O8. The van der Waals surface area contributed by atoms with Gasteiger partial charge in [0.15, 0.2) is 5.84 Å². The van der Waals surface area contributed by atoms with E-state index in [1.165, 1.54) is 24.3 Å². The summed E-state index contributed by atoms with van der Waals surface area (Å²) in [7, 11) is 0. The molecule has 0 aromatic heterocycles. The monoisotopic (exact) mass is 533 g/mol. The van der Waals surface area contributed by atoms with Gasteiger partial charge in [-0.1, -0.05) is 19.1 Å². The lowest BCUT2D eigenvalue weighted by Gasteiger charge is -2.29. The Bertz CT molecular complexity index is 1050. The lowest BCUT2D eigenvalue weighted by atomic mass is 10.1. The molecule has 0 fully saturated rings. The molecule has 0 aliphatic heterocycles. The smallest absolute Gasteiger partial charge is 0.436 e. The molecule has 1 N–H and O–H groups in total. The highest BCUT2D eigenvalue weighted by Crippen LogP contribution is 2.19. The third-order valence-electron chi connectivity index (χ3n) is 3.94. The van der Waals surface area contributed by atoms with Crippen molar-refractivity contribution in [2.45, 2.75) is 92.5 Å². The van der Waals surface area contributed by atoms with Crippen LogP contribution in [0.3, 0.4) is 0 Å². The van der Waals surface area contributed by atoms with Crippen LogP contribution in [-0.4, -0.2) is 57.6 Å². The van der Waals surface area contributed by atoms with Gasteiger partial charge in [0.25, 0.3) is 11.8 Å². The van der Waals surface area contributed by atoms with Crippen LogP contribution in [0.2, 0.25) is 0 Å². The van der Waals surface area contributed by atoms with E-state index in [9.17, 15) is 24.0 Å². The molecule has 38 heavy (non-hydrogen) atoms. The maximum absolute atomic E-state index is 13.2. The molecule has 0 atom stereocenters. The Balaban J connectivity index is 3.61. The average Bonchev–Trinajstić information content (AvgIpc) is 2.73. The van der Waals surface area contributed by atoms with Gasteiger partial charge in [-0.2, -0.15) is 9.89 Å². The molecule has 0 unspecified atom stereocenters. The number of aliphatic imine (C=N–C) groups is 1. The lowest BCUT2D eigenvalue weighted by Crippen LogP contribution is -2.47.